The molecule has 0 bridgehead atoms. The minimum absolute atomic E-state index is 0.0485. The van der Waals surface area contributed by atoms with Crippen LogP contribution in [0, 0.1) is 6.92 Å². The Balaban J connectivity index is 1.65. The van der Waals surface area contributed by atoms with E-state index in [0.717, 1.165) is 12.8 Å². The van der Waals surface area contributed by atoms with Crippen LogP contribution in [0.25, 0.3) is 0 Å². The quantitative estimate of drug-likeness (QED) is 0.317. The summed E-state index contributed by atoms with van der Waals surface area (Å²) >= 11 is 0. The standard InChI is InChI=1S/C32H39NO7/c1-18-14-22-23(32(4,5)13-12-31(22,2)3)16-19(18)15-20-10-11-24(40-20)29(34)33-26-21(30(35)39-9)17-25(36-6)27(37-7)28(26)38-8/h10-11,14,16-17H,12-13,15H2,1-9H3,(H,33,34). The summed E-state index contributed by atoms with van der Waals surface area (Å²) in [5.74, 6) is 0.133. The molecule has 0 fully saturated rings. The van der Waals surface area contributed by atoms with Crippen LogP contribution in [0.15, 0.2) is 34.7 Å². The minimum atomic E-state index is -0.677. The van der Waals surface area contributed by atoms with Gasteiger partial charge in [0.25, 0.3) is 5.91 Å². The zero-order chi connectivity index (χ0) is 29.4. The maximum absolute atomic E-state index is 13.3. The van der Waals surface area contributed by atoms with Gasteiger partial charge in [-0.1, -0.05) is 39.8 Å². The third-order valence-corrected chi connectivity index (χ3v) is 8.03. The normalized spacial score (nSPS) is 15.1. The minimum Gasteiger partial charge on any atom is -0.493 e. The molecule has 0 aliphatic heterocycles. The van der Waals surface area contributed by atoms with Crippen molar-refractivity contribution in [3.05, 3.63) is 69.7 Å². The molecule has 0 unspecified atom stereocenters. The van der Waals surface area contributed by atoms with Crippen molar-refractivity contribution in [2.45, 2.75) is 64.7 Å². The number of furan rings is 1. The van der Waals surface area contributed by atoms with Gasteiger partial charge in [-0.15, -0.1) is 0 Å². The van der Waals surface area contributed by atoms with Gasteiger partial charge >= 0.3 is 5.97 Å². The third kappa shape index (κ3) is 5.27. The number of ether oxygens (including phenoxy) is 4. The van der Waals surface area contributed by atoms with E-state index in [1.54, 1.807) is 12.1 Å². The monoisotopic (exact) mass is 549 g/mol. The summed E-state index contributed by atoms with van der Waals surface area (Å²) in [6, 6.07) is 9.48. The van der Waals surface area contributed by atoms with Gasteiger partial charge in [0.2, 0.25) is 5.75 Å². The number of fused-ring (bicyclic) bond motifs is 1. The molecule has 0 saturated heterocycles. The first-order valence-corrected chi connectivity index (χ1v) is 13.3. The molecule has 8 heteroatoms. The number of hydrogen-bond donors (Lipinski definition) is 1. The second-order valence-electron chi connectivity index (χ2n) is 11.5. The molecule has 1 N–H and O–H groups in total. The molecule has 0 atom stereocenters. The van der Waals surface area contributed by atoms with Crippen LogP contribution < -0.4 is 19.5 Å². The summed E-state index contributed by atoms with van der Waals surface area (Å²) in [4.78, 5) is 25.9. The highest BCUT2D eigenvalue weighted by Crippen LogP contribution is 2.47. The predicted molar refractivity (Wildman–Crippen MR) is 153 cm³/mol. The Morgan fingerprint density at radius 3 is 2.08 bits per heavy atom. The number of esters is 1. The van der Waals surface area contributed by atoms with E-state index in [4.69, 9.17) is 23.4 Å². The van der Waals surface area contributed by atoms with Crippen LogP contribution in [0.2, 0.25) is 0 Å². The van der Waals surface area contributed by atoms with Crippen molar-refractivity contribution in [1.29, 1.82) is 0 Å². The van der Waals surface area contributed by atoms with Crippen molar-refractivity contribution in [2.75, 3.05) is 33.8 Å². The van der Waals surface area contributed by atoms with E-state index in [0.29, 0.717) is 12.2 Å². The largest absolute Gasteiger partial charge is 0.493 e. The zero-order valence-electron chi connectivity index (χ0n) is 24.9. The lowest BCUT2D eigenvalue weighted by Gasteiger charge is -2.42. The lowest BCUT2D eigenvalue weighted by atomic mass is 9.62. The van der Waals surface area contributed by atoms with Crippen molar-refractivity contribution in [3.63, 3.8) is 0 Å². The van der Waals surface area contributed by atoms with E-state index in [-0.39, 0.29) is 45.1 Å². The Morgan fingerprint density at radius 2 is 1.50 bits per heavy atom. The molecule has 40 heavy (non-hydrogen) atoms. The van der Waals surface area contributed by atoms with Gasteiger partial charge in [-0.25, -0.2) is 4.79 Å². The molecule has 8 nitrogen and oxygen atoms in total. The van der Waals surface area contributed by atoms with Crippen molar-refractivity contribution in [1.82, 2.24) is 0 Å². The van der Waals surface area contributed by atoms with Gasteiger partial charge in [-0.3, -0.25) is 4.79 Å². The predicted octanol–water partition coefficient (Wildman–Crippen LogP) is 6.59. The first-order valence-electron chi connectivity index (χ1n) is 13.3. The number of carbonyl (C=O) groups excluding carboxylic acids is 2. The highest BCUT2D eigenvalue weighted by atomic mass is 16.5. The molecular formula is C32H39NO7. The van der Waals surface area contributed by atoms with Crippen LogP contribution in [0.4, 0.5) is 5.69 Å². The maximum Gasteiger partial charge on any atom is 0.340 e. The fourth-order valence-electron chi connectivity index (χ4n) is 5.47. The number of carbonyl (C=O) groups is 2. The molecule has 1 aliphatic carbocycles. The second kappa shape index (κ2) is 10.9. The molecule has 0 spiro atoms. The van der Waals surface area contributed by atoms with Gasteiger partial charge < -0.3 is 28.7 Å². The highest BCUT2D eigenvalue weighted by Gasteiger charge is 2.37. The van der Waals surface area contributed by atoms with E-state index in [2.05, 4.69) is 52.1 Å². The maximum atomic E-state index is 13.3. The van der Waals surface area contributed by atoms with Crippen LogP contribution in [-0.4, -0.2) is 40.3 Å². The van der Waals surface area contributed by atoms with E-state index in [1.807, 2.05) is 0 Å². The summed E-state index contributed by atoms with van der Waals surface area (Å²) < 4.78 is 27.2. The number of aryl methyl sites for hydroxylation is 1. The average molecular weight is 550 g/mol. The first kappa shape index (κ1) is 29.1. The summed E-state index contributed by atoms with van der Waals surface area (Å²) in [5.41, 5.74) is 5.53. The average Bonchev–Trinajstić information content (AvgIpc) is 3.39. The van der Waals surface area contributed by atoms with E-state index in [9.17, 15) is 9.59 Å². The number of rotatable bonds is 8. The Bertz CT molecular complexity index is 1450. The van der Waals surface area contributed by atoms with Crippen LogP contribution in [0.1, 0.15) is 89.5 Å². The fraction of sp³-hybridized carbons (Fsp3) is 0.438. The van der Waals surface area contributed by atoms with Crippen molar-refractivity contribution in [2.24, 2.45) is 0 Å². The molecule has 1 amide bonds. The third-order valence-electron chi connectivity index (χ3n) is 8.03. The Labute approximate surface area is 236 Å². The Hall–Kier alpha value is -3.94. The summed E-state index contributed by atoms with van der Waals surface area (Å²) in [7, 11) is 5.53. The fourth-order valence-corrected chi connectivity index (χ4v) is 5.47. The molecule has 2 aromatic carbocycles. The van der Waals surface area contributed by atoms with Crippen LogP contribution in [-0.2, 0) is 22.0 Å². The lowest BCUT2D eigenvalue weighted by molar-refractivity contribution is 0.0601. The summed E-state index contributed by atoms with van der Waals surface area (Å²) in [5, 5.41) is 2.74. The Morgan fingerprint density at radius 1 is 0.875 bits per heavy atom. The van der Waals surface area contributed by atoms with Gasteiger partial charge in [0.1, 0.15) is 11.4 Å². The number of hydrogen-bond acceptors (Lipinski definition) is 7. The molecule has 3 aromatic rings. The molecule has 1 aliphatic rings. The molecule has 0 radical (unpaired) electrons. The molecule has 0 saturated carbocycles. The number of anilines is 1. The molecule has 4 rings (SSSR count). The van der Waals surface area contributed by atoms with Crippen LogP contribution >= 0.6 is 0 Å². The lowest BCUT2D eigenvalue weighted by Crippen LogP contribution is -2.34. The van der Waals surface area contributed by atoms with E-state index < -0.39 is 11.9 Å². The SMILES string of the molecule is COC(=O)c1cc(OC)c(OC)c(OC)c1NC(=O)c1ccc(Cc2cc3c(cc2C)C(C)(C)CCC3(C)C)o1. The molecule has 214 valence electrons. The number of benzene rings is 2. The molecule has 1 heterocycles. The van der Waals surface area contributed by atoms with Gasteiger partial charge in [0.15, 0.2) is 17.3 Å². The first-order chi connectivity index (χ1) is 18.9. The topological polar surface area (TPSA) is 96.2 Å². The van der Waals surface area contributed by atoms with Gasteiger partial charge in [-0.2, -0.15) is 0 Å². The molecule has 1 aromatic heterocycles. The van der Waals surface area contributed by atoms with E-state index >= 15 is 0 Å². The zero-order valence-corrected chi connectivity index (χ0v) is 24.9. The van der Waals surface area contributed by atoms with Gasteiger partial charge in [-0.05, 0) is 65.0 Å². The van der Waals surface area contributed by atoms with Crippen molar-refractivity contribution >= 4 is 17.6 Å². The smallest absolute Gasteiger partial charge is 0.340 e. The van der Waals surface area contributed by atoms with Crippen LogP contribution in [0.3, 0.4) is 0 Å². The second-order valence-corrected chi connectivity index (χ2v) is 11.5. The number of methoxy groups -OCH3 is 4. The Kier molecular flexibility index (Phi) is 7.92. The summed E-state index contributed by atoms with van der Waals surface area (Å²) in [6.45, 7) is 11.4. The summed E-state index contributed by atoms with van der Waals surface area (Å²) in [6.07, 6.45) is 2.84. The number of nitrogens with one attached hydrogen (secondary N) is 1. The van der Waals surface area contributed by atoms with Crippen molar-refractivity contribution < 1.29 is 33.0 Å². The van der Waals surface area contributed by atoms with E-state index in [1.165, 1.54) is 56.8 Å². The molecular weight excluding hydrogens is 510 g/mol. The number of amides is 1. The van der Waals surface area contributed by atoms with Gasteiger partial charge in [0.05, 0.1) is 34.0 Å². The van der Waals surface area contributed by atoms with Crippen LogP contribution in [0.5, 0.6) is 17.2 Å². The van der Waals surface area contributed by atoms with Gasteiger partial charge in [0, 0.05) is 12.5 Å². The highest BCUT2D eigenvalue weighted by molar-refractivity contribution is 6.09. The van der Waals surface area contributed by atoms with Crippen molar-refractivity contribution in [3.8, 4) is 17.2 Å².